The molecule has 19 atom stereocenters. The van der Waals surface area contributed by atoms with Gasteiger partial charge < -0.3 is 144 Å². The Bertz CT molecular complexity index is 5170. The van der Waals surface area contributed by atoms with Crippen LogP contribution in [-0.2, 0) is 70.3 Å². The molecule has 39 heteroatoms. The highest BCUT2D eigenvalue weighted by atomic mass is 35.5. The van der Waals surface area contributed by atoms with Gasteiger partial charge in [0, 0.05) is 42.1 Å². The Kier molecular flexibility index (Phi) is 29.3. The van der Waals surface area contributed by atoms with E-state index in [0.29, 0.717) is 37.2 Å². The number of phenolic OH excluding ortho intramolecular Hbond substituents is 3. The van der Waals surface area contributed by atoms with Gasteiger partial charge >= 0.3 is 5.97 Å². The number of nitrogens with one attached hydrogen (secondary N) is 8. The van der Waals surface area contributed by atoms with E-state index in [9.17, 15) is 70.2 Å². The van der Waals surface area contributed by atoms with Crippen molar-refractivity contribution in [3.8, 4) is 62.9 Å². The SMILES string of the molecule is C=CCCOc1cccc(CN[C@@]2(C)C[C@H](O[C@H]3[C@H](Oc4c5cc6cc4Oc4ccc(cc4Cl)[C@@H](O)[C@@H](NC(=O)[C@@H](N)CCCCN)C(=O)N[C@@H](CC(N)=O)C(=O)N[C@H]6C(=O)N[C@H]4C(=O)N[C@H](C(=O)N[C@H](C(=O)N[C@@H](Cc6ccccc6)C(=O)O)c6cc(O)cc(O)c6-c6cc4ccc6O)[C@H](O)c4ccc(c(Cl)c4)O5)O[C@H](CO)[C@@H](O)[C@@H]3O)O[C@@H](C)[C@H]2O)c1. The number of carbonyl (C=O) groups is 9. The maximum Gasteiger partial charge on any atom is 0.326 e. The van der Waals surface area contributed by atoms with Gasteiger partial charge in [0.05, 0.1) is 47.9 Å². The second-order valence-corrected chi connectivity index (χ2v) is 31.5. The summed E-state index contributed by atoms with van der Waals surface area (Å²) in [7, 11) is 0. The van der Waals surface area contributed by atoms with E-state index in [2.05, 4.69) is 49.1 Å². The van der Waals surface area contributed by atoms with E-state index in [1.165, 1.54) is 12.1 Å². The number of aliphatic hydroxyl groups excluding tert-OH is 6. The van der Waals surface area contributed by atoms with Gasteiger partial charge in [0.1, 0.15) is 107 Å². The van der Waals surface area contributed by atoms with E-state index in [1.54, 1.807) is 68.5 Å². The number of primary amides is 1. The minimum Gasteiger partial charge on any atom is -0.508 e. The Balaban J connectivity index is 1.05. The quantitative estimate of drug-likeness (QED) is 0.0289. The number of nitrogens with two attached hydrogens (primary N) is 3. The number of unbranched alkanes of at least 4 members (excludes halogenated alkanes) is 1. The lowest BCUT2D eigenvalue weighted by Gasteiger charge is -2.48. The summed E-state index contributed by atoms with van der Waals surface area (Å²) in [5, 5.41) is 137. The molecule has 24 N–H and O–H groups in total. The Morgan fingerprint density at radius 3 is 2.01 bits per heavy atom. The first-order valence-electron chi connectivity index (χ1n) is 39.5. The van der Waals surface area contributed by atoms with Crippen molar-refractivity contribution in [2.45, 2.75) is 181 Å². The molecule has 14 rings (SSSR count). The number of carboxylic acid groups (broad SMARTS) is 1. The van der Waals surface area contributed by atoms with Crippen LogP contribution in [0.1, 0.15) is 122 Å². The van der Waals surface area contributed by atoms with Crippen LogP contribution in [0.15, 0.2) is 146 Å². The van der Waals surface area contributed by atoms with Crippen LogP contribution in [0.5, 0.6) is 51.7 Å². The number of hydrogen-bond donors (Lipinski definition) is 21. The number of aromatic hydroxyl groups is 3. The first-order valence-corrected chi connectivity index (χ1v) is 40.3. The topological polar surface area (TPSA) is 595 Å². The smallest absolute Gasteiger partial charge is 0.326 e. The van der Waals surface area contributed by atoms with Crippen molar-refractivity contribution >= 4 is 76.4 Å². The normalized spacial score (nSPS) is 26.2. The lowest BCUT2D eigenvalue weighted by molar-refractivity contribution is -0.334. The van der Waals surface area contributed by atoms with Crippen molar-refractivity contribution in [1.29, 1.82) is 0 Å². The predicted molar refractivity (Wildman–Crippen MR) is 439 cm³/mol. The number of benzene rings is 7. The van der Waals surface area contributed by atoms with E-state index in [1.807, 2.05) is 6.07 Å². The first kappa shape index (κ1) is 91.4. The number of aliphatic hydroxyl groups is 6. The van der Waals surface area contributed by atoms with Gasteiger partial charge in [-0.2, -0.15) is 0 Å². The van der Waals surface area contributed by atoms with E-state index >= 15 is 24.0 Å². The minimum absolute atomic E-state index is 0.0254. The third kappa shape index (κ3) is 21.0. The third-order valence-electron chi connectivity index (χ3n) is 21.8. The highest BCUT2D eigenvalue weighted by Crippen LogP contribution is 2.50. The van der Waals surface area contributed by atoms with Crippen molar-refractivity contribution in [2.24, 2.45) is 17.2 Å². The van der Waals surface area contributed by atoms with Crippen molar-refractivity contribution in [3.05, 3.63) is 195 Å². The number of fused-ring (bicyclic) bond motifs is 15. The van der Waals surface area contributed by atoms with Crippen molar-refractivity contribution in [3.63, 3.8) is 0 Å². The molecule has 0 spiro atoms. The van der Waals surface area contributed by atoms with E-state index < -0.39 is 260 Å². The lowest BCUT2D eigenvalue weighted by Crippen LogP contribution is -2.65. The number of aliphatic carboxylic acids is 1. The Hall–Kier alpha value is -11.8. The zero-order valence-electron chi connectivity index (χ0n) is 66.6. The van der Waals surface area contributed by atoms with Crippen LogP contribution in [0.4, 0.5) is 0 Å². The molecule has 2 fully saturated rings. The molecule has 0 radical (unpaired) electrons. The second kappa shape index (κ2) is 39.8. The predicted octanol–water partition coefficient (Wildman–Crippen LogP) is 2.44. The number of hydrogen-bond acceptors (Lipinski definition) is 28. The zero-order chi connectivity index (χ0) is 89.3. The molecule has 124 heavy (non-hydrogen) atoms. The number of phenols is 3. The number of amides is 8. The second-order valence-electron chi connectivity index (χ2n) is 30.7. The molecule has 7 aliphatic rings. The van der Waals surface area contributed by atoms with Crippen LogP contribution in [0, 0.1) is 0 Å². The fourth-order valence-corrected chi connectivity index (χ4v) is 15.5. The maximum absolute atomic E-state index is 16.4. The summed E-state index contributed by atoms with van der Waals surface area (Å²) in [6.45, 7) is 6.74. The molecule has 7 aliphatic heterocycles. The standard InChI is InChI=1S/C85H95Cl2N11O26/c1-4-5-24-118-46-15-11-14-40(25-46)36-91-85(3)35-62(119-38(2)75(85)108)123-74-72(107)71(106)60(37-99)122-84(74)124-73-58-30-44-31-59(73)121-57-22-19-43(29-50(57)87)70(105)68-82(115)96-66(80(113)93-53(83(116)117)26-39-12-7-6-8-13-39)48-32-45(100)33-55(102)63(48)47-27-41(17-20-54(47)101)64(78(111)98-68)95-79(112)65(44)94-77(110)52(34-61(90)103)92-81(114)67(97-76(109)51(89)16-9-10-23-88)69(104)42-18-21-56(120-58)49(86)28-42/h4,6-8,11-15,17-22,25,27-33,38,51-53,60,62,64-72,74-75,84,91,99-102,104-108H,1,5,9-10,16,23-24,26,34-37,88-89H2,2-3H3,(H2,90,103)(H,92,114)(H,93,113)(H,94,110)(H,95,112)(H,96,115)(H,97,109)(H,98,111)(H,116,117)/t38-,51-,52-,53-,60+,62-,64+,65+,66-,67+,68-,69+,70+,71+,72-,74+,75+,84-,85-/m0/s1. The summed E-state index contributed by atoms with van der Waals surface area (Å²) in [5.74, 6) is -17.1. The molecule has 7 aromatic carbocycles. The van der Waals surface area contributed by atoms with Gasteiger partial charge in [-0.1, -0.05) is 96.4 Å². The number of halogens is 2. The molecule has 0 aliphatic carbocycles. The van der Waals surface area contributed by atoms with Gasteiger partial charge in [0.25, 0.3) is 0 Å². The first-order chi connectivity index (χ1) is 59.1. The zero-order valence-corrected chi connectivity index (χ0v) is 68.2. The van der Waals surface area contributed by atoms with E-state index in [0.717, 1.165) is 72.3 Å². The number of ether oxygens (including phenoxy) is 7. The number of rotatable bonds is 25. The average Bonchev–Trinajstić information content (AvgIpc) is 0.757. The largest absolute Gasteiger partial charge is 0.508 e. The molecule has 0 unspecified atom stereocenters. The molecular weight excluding hydrogens is 1660 g/mol. The van der Waals surface area contributed by atoms with Crippen LogP contribution in [-0.4, -0.2) is 209 Å². The summed E-state index contributed by atoms with van der Waals surface area (Å²) >= 11 is 14.4. The molecule has 8 amide bonds. The Morgan fingerprint density at radius 1 is 0.702 bits per heavy atom. The van der Waals surface area contributed by atoms with Crippen molar-refractivity contribution in [2.75, 3.05) is 19.8 Å². The summed E-state index contributed by atoms with van der Waals surface area (Å²) < 4.78 is 45.4. The summed E-state index contributed by atoms with van der Waals surface area (Å²) in [5.41, 5.74) is 14.6. The molecule has 0 aromatic heterocycles. The lowest BCUT2D eigenvalue weighted by atomic mass is 9.84. The molecule has 37 nitrogen and oxygen atoms in total. The highest BCUT2D eigenvalue weighted by Gasteiger charge is 2.52. The molecule has 2 saturated heterocycles. The number of carbonyl (C=O) groups excluding carboxylic acids is 8. The van der Waals surface area contributed by atoms with Gasteiger partial charge in [-0.3, -0.25) is 38.4 Å². The van der Waals surface area contributed by atoms with Gasteiger partial charge in [0.2, 0.25) is 59.3 Å². The van der Waals surface area contributed by atoms with Crippen molar-refractivity contribution in [1.82, 2.24) is 42.5 Å². The fraction of sp³-hybridized carbons (Fsp3) is 0.376. The van der Waals surface area contributed by atoms with Crippen LogP contribution in [0.3, 0.4) is 0 Å². The highest BCUT2D eigenvalue weighted by molar-refractivity contribution is 6.32. The molecule has 0 saturated carbocycles. The summed E-state index contributed by atoms with van der Waals surface area (Å²) in [6, 6.07) is 12.0. The average molecular weight is 1760 g/mol. The molecule has 11 bridgehead atoms. The monoisotopic (exact) mass is 1760 g/mol. The fourth-order valence-electron chi connectivity index (χ4n) is 15.1. The van der Waals surface area contributed by atoms with Gasteiger partial charge in [-0.25, -0.2) is 4.79 Å². The van der Waals surface area contributed by atoms with Crippen LogP contribution in [0.25, 0.3) is 11.1 Å². The molecule has 7 aromatic rings. The van der Waals surface area contributed by atoms with E-state index in [-0.39, 0.29) is 49.2 Å². The molecular formula is C85H95Cl2N11O26. The van der Waals surface area contributed by atoms with Gasteiger partial charge in [-0.05, 0) is 145 Å². The van der Waals surface area contributed by atoms with Crippen LogP contribution in [0.2, 0.25) is 10.0 Å². The summed E-state index contributed by atoms with van der Waals surface area (Å²) in [4.78, 5) is 134. The van der Waals surface area contributed by atoms with Crippen LogP contribution < -0.4 is 78.7 Å². The maximum atomic E-state index is 16.4. The summed E-state index contributed by atoms with van der Waals surface area (Å²) in [6.07, 6.45) is -16.5. The number of carboxylic acids is 1. The van der Waals surface area contributed by atoms with Crippen molar-refractivity contribution < 1.29 is 127 Å². The minimum atomic E-state index is -2.41. The molecule has 660 valence electrons. The third-order valence-corrected chi connectivity index (χ3v) is 22.4. The van der Waals surface area contributed by atoms with Gasteiger partial charge in [0.15, 0.2) is 23.9 Å². The molecule has 7 heterocycles. The van der Waals surface area contributed by atoms with Gasteiger partial charge in [-0.15, -0.1) is 6.58 Å². The van der Waals surface area contributed by atoms with Crippen LogP contribution >= 0.6 is 23.2 Å². The Morgan fingerprint density at radius 2 is 1.35 bits per heavy atom. The Labute approximate surface area is 718 Å². The van der Waals surface area contributed by atoms with E-state index in [4.69, 9.17) is 73.6 Å².